The summed E-state index contributed by atoms with van der Waals surface area (Å²) >= 11 is 27.9. The molecule has 0 aliphatic heterocycles. The second kappa shape index (κ2) is 5.00. The van der Waals surface area contributed by atoms with Gasteiger partial charge in [-0.15, -0.1) is 0 Å². The van der Waals surface area contributed by atoms with Gasteiger partial charge in [0.25, 0.3) is 0 Å². The maximum absolute atomic E-state index is 5.68. The molecule has 0 heterocycles. The maximum atomic E-state index is 5.68. The number of benzene rings is 1. The van der Waals surface area contributed by atoms with E-state index in [0.29, 0.717) is 10.8 Å². The molecule has 0 bridgehead atoms. The first kappa shape index (κ1) is 12.5. The Labute approximate surface area is 107 Å². The molecule has 1 aromatic rings. The van der Waals surface area contributed by atoms with E-state index < -0.39 is 9.36 Å². The highest BCUT2D eigenvalue weighted by atomic mass is 35.6. The van der Waals surface area contributed by atoms with Gasteiger partial charge in [0.05, 0.1) is 0 Å². The van der Waals surface area contributed by atoms with E-state index in [9.17, 15) is 0 Å². The van der Waals surface area contributed by atoms with Crippen molar-refractivity contribution in [1.82, 2.24) is 0 Å². The van der Waals surface area contributed by atoms with Crippen LogP contribution in [0.2, 0.25) is 5.02 Å². The molecule has 0 aliphatic carbocycles. The highest BCUT2D eigenvalue weighted by Gasteiger charge is 2.32. The molecule has 0 fully saturated rings. The van der Waals surface area contributed by atoms with Crippen LogP contribution in [0.4, 0.5) is 0 Å². The van der Waals surface area contributed by atoms with Crippen molar-refractivity contribution in [3.05, 3.63) is 29.3 Å². The zero-order valence-electron chi connectivity index (χ0n) is 6.68. The topological polar surface area (TPSA) is 9.23 Å². The lowest BCUT2D eigenvalue weighted by Gasteiger charge is -2.19. The summed E-state index contributed by atoms with van der Waals surface area (Å²) in [6.45, 7) is 0. The first-order valence-corrected chi connectivity index (χ1v) is 5.47. The Hall–Kier alpha value is 0.470. The number of ether oxygens (including phenoxy) is 1. The van der Waals surface area contributed by atoms with Gasteiger partial charge in [-0.2, -0.15) is 0 Å². The fraction of sp³-hybridized carbons (Fsp3) is 0.250. The molecule has 1 nitrogen and oxygen atoms in total. The van der Waals surface area contributed by atoms with E-state index in [0.717, 1.165) is 0 Å². The SMILES string of the molecule is Clc1ccc(OC(Cl)C(Cl)(Cl)Cl)cc1. The minimum absolute atomic E-state index is 0.487. The second-order valence-corrected chi connectivity index (χ2v) is 5.63. The number of alkyl halides is 4. The Morgan fingerprint density at radius 3 is 2.00 bits per heavy atom. The van der Waals surface area contributed by atoms with Crippen LogP contribution in [0.5, 0.6) is 5.75 Å². The highest BCUT2D eigenvalue weighted by Crippen LogP contribution is 2.35. The molecule has 6 heteroatoms. The van der Waals surface area contributed by atoms with E-state index in [-0.39, 0.29) is 0 Å². The van der Waals surface area contributed by atoms with E-state index >= 15 is 0 Å². The largest absolute Gasteiger partial charge is 0.470 e. The molecule has 1 rings (SSSR count). The minimum atomic E-state index is -1.67. The van der Waals surface area contributed by atoms with E-state index in [2.05, 4.69) is 0 Å². The van der Waals surface area contributed by atoms with Crippen LogP contribution in [-0.4, -0.2) is 9.36 Å². The third-order valence-electron chi connectivity index (χ3n) is 1.31. The van der Waals surface area contributed by atoms with E-state index in [1.54, 1.807) is 24.3 Å². The van der Waals surface area contributed by atoms with Gasteiger partial charge in [-0.3, -0.25) is 0 Å². The molecule has 0 amide bonds. The summed E-state index contributed by atoms with van der Waals surface area (Å²) in [4.78, 5) is 0. The Kier molecular flexibility index (Phi) is 4.48. The smallest absolute Gasteiger partial charge is 0.241 e. The standard InChI is InChI=1S/C8H5Cl5O/c9-5-1-3-6(4-2-5)14-7(10)8(11,12)13/h1-4,7H. The third-order valence-corrected chi connectivity index (χ3v) is 2.91. The number of rotatable bonds is 2. The summed E-state index contributed by atoms with van der Waals surface area (Å²) in [5.74, 6) is 0.487. The van der Waals surface area contributed by atoms with Gasteiger partial charge in [0.1, 0.15) is 5.75 Å². The van der Waals surface area contributed by atoms with Crippen molar-refractivity contribution >= 4 is 58.0 Å². The van der Waals surface area contributed by atoms with Crippen LogP contribution in [0.15, 0.2) is 24.3 Å². The first-order valence-electron chi connectivity index (χ1n) is 3.52. The minimum Gasteiger partial charge on any atom is -0.470 e. The van der Waals surface area contributed by atoms with E-state index in [1.807, 2.05) is 0 Å². The maximum Gasteiger partial charge on any atom is 0.241 e. The van der Waals surface area contributed by atoms with Crippen LogP contribution in [0.1, 0.15) is 0 Å². The quantitative estimate of drug-likeness (QED) is 0.721. The zero-order chi connectivity index (χ0) is 10.8. The predicted molar refractivity (Wildman–Crippen MR) is 62.0 cm³/mol. The summed E-state index contributed by atoms with van der Waals surface area (Å²) in [6.07, 6.45) is 0. The molecule has 0 spiro atoms. The van der Waals surface area contributed by atoms with Crippen molar-refractivity contribution < 1.29 is 4.74 Å². The van der Waals surface area contributed by atoms with Crippen molar-refractivity contribution in [2.24, 2.45) is 0 Å². The molecule has 0 aromatic heterocycles. The Balaban J connectivity index is 2.65. The molecule has 0 saturated heterocycles. The number of halogens is 5. The van der Waals surface area contributed by atoms with Gasteiger partial charge in [0, 0.05) is 5.02 Å². The van der Waals surface area contributed by atoms with Crippen molar-refractivity contribution in [1.29, 1.82) is 0 Å². The van der Waals surface area contributed by atoms with Crippen LogP contribution in [0, 0.1) is 0 Å². The first-order chi connectivity index (χ1) is 6.39. The molecule has 78 valence electrons. The van der Waals surface area contributed by atoms with Crippen LogP contribution < -0.4 is 4.74 Å². The van der Waals surface area contributed by atoms with Gasteiger partial charge in [-0.1, -0.05) is 58.0 Å². The third kappa shape index (κ3) is 3.92. The molecular weight excluding hydrogens is 289 g/mol. The van der Waals surface area contributed by atoms with E-state index in [4.69, 9.17) is 62.7 Å². The average molecular weight is 294 g/mol. The van der Waals surface area contributed by atoms with Gasteiger partial charge in [-0.25, -0.2) is 0 Å². The molecule has 0 saturated carbocycles. The lowest BCUT2D eigenvalue weighted by Crippen LogP contribution is -2.25. The lowest BCUT2D eigenvalue weighted by molar-refractivity contribution is 0.286. The monoisotopic (exact) mass is 292 g/mol. The molecule has 0 radical (unpaired) electrons. The summed E-state index contributed by atoms with van der Waals surface area (Å²) in [6, 6.07) is 6.57. The molecule has 14 heavy (non-hydrogen) atoms. The summed E-state index contributed by atoms with van der Waals surface area (Å²) < 4.78 is 3.48. The lowest BCUT2D eigenvalue weighted by atomic mass is 10.3. The second-order valence-electron chi connectivity index (χ2n) is 2.43. The Morgan fingerprint density at radius 1 is 1.07 bits per heavy atom. The van der Waals surface area contributed by atoms with E-state index in [1.165, 1.54) is 0 Å². The van der Waals surface area contributed by atoms with Crippen molar-refractivity contribution in [2.45, 2.75) is 9.36 Å². The summed E-state index contributed by atoms with van der Waals surface area (Å²) in [5.41, 5.74) is -1.05. The zero-order valence-corrected chi connectivity index (χ0v) is 10.5. The number of hydrogen-bond acceptors (Lipinski definition) is 1. The molecule has 1 atom stereocenters. The van der Waals surface area contributed by atoms with Crippen LogP contribution >= 0.6 is 58.0 Å². The van der Waals surface area contributed by atoms with Crippen molar-refractivity contribution in [2.75, 3.05) is 0 Å². The molecule has 1 unspecified atom stereocenters. The normalized spacial score (nSPS) is 13.8. The fourth-order valence-corrected chi connectivity index (χ4v) is 1.06. The van der Waals surface area contributed by atoms with Gasteiger partial charge in [0.2, 0.25) is 9.36 Å². The summed E-state index contributed by atoms with van der Waals surface area (Å²) in [7, 11) is 0. The predicted octanol–water partition coefficient (Wildman–Crippen LogP) is 4.65. The molecular formula is C8H5Cl5O. The molecule has 0 aliphatic rings. The highest BCUT2D eigenvalue weighted by molar-refractivity contribution is 6.70. The van der Waals surface area contributed by atoms with Gasteiger partial charge in [0.15, 0.2) is 0 Å². The van der Waals surface area contributed by atoms with Crippen LogP contribution in [-0.2, 0) is 0 Å². The van der Waals surface area contributed by atoms with Gasteiger partial charge >= 0.3 is 0 Å². The Bertz CT molecular complexity index is 292. The van der Waals surface area contributed by atoms with Gasteiger partial charge < -0.3 is 4.74 Å². The number of hydrogen-bond donors (Lipinski definition) is 0. The molecule has 1 aromatic carbocycles. The van der Waals surface area contributed by atoms with Crippen molar-refractivity contribution in [3.63, 3.8) is 0 Å². The molecule has 0 N–H and O–H groups in total. The summed E-state index contributed by atoms with van der Waals surface area (Å²) in [5, 5.41) is 0.595. The van der Waals surface area contributed by atoms with Crippen LogP contribution in [0.25, 0.3) is 0 Å². The average Bonchev–Trinajstić information content (AvgIpc) is 2.07. The van der Waals surface area contributed by atoms with Crippen molar-refractivity contribution in [3.8, 4) is 5.75 Å². The van der Waals surface area contributed by atoms with Crippen LogP contribution in [0.3, 0.4) is 0 Å². The fourth-order valence-electron chi connectivity index (χ4n) is 0.699. The van der Waals surface area contributed by atoms with Gasteiger partial charge in [-0.05, 0) is 24.3 Å². The Morgan fingerprint density at radius 2 is 1.57 bits per heavy atom.